The molecule has 0 bridgehead atoms. The molecule has 5 heterocycles. The first kappa shape index (κ1) is 17.1. The minimum atomic E-state index is -0.0447. The van der Waals surface area contributed by atoms with E-state index < -0.39 is 0 Å². The van der Waals surface area contributed by atoms with Gasteiger partial charge in [-0.2, -0.15) is 0 Å². The number of pyridine rings is 2. The van der Waals surface area contributed by atoms with Crippen molar-refractivity contribution >= 4 is 11.3 Å². The maximum absolute atomic E-state index is 12.8. The number of imidazole rings is 1. The summed E-state index contributed by atoms with van der Waals surface area (Å²) in [6.07, 6.45) is 8.19. The molecule has 142 valence electrons. The minimum absolute atomic E-state index is 0.0447. The monoisotopic (exact) mass is 373 g/mol. The fourth-order valence-corrected chi connectivity index (χ4v) is 4.12. The van der Waals surface area contributed by atoms with Gasteiger partial charge in [0.05, 0.1) is 11.4 Å². The number of nitrogens with zero attached hydrogens (tertiary/aromatic N) is 5. The summed E-state index contributed by atoms with van der Waals surface area (Å²) in [6.45, 7) is 4.17. The van der Waals surface area contributed by atoms with Gasteiger partial charge in [-0.3, -0.25) is 9.20 Å². The molecule has 0 radical (unpaired) electrons. The van der Waals surface area contributed by atoms with Crippen molar-refractivity contribution in [2.45, 2.75) is 25.7 Å². The Kier molecular flexibility index (Phi) is 4.02. The summed E-state index contributed by atoms with van der Waals surface area (Å²) < 4.78 is 3.65. The molecular weight excluding hydrogens is 350 g/mol. The molecule has 0 aliphatic carbocycles. The van der Waals surface area contributed by atoms with E-state index in [-0.39, 0.29) is 5.56 Å². The van der Waals surface area contributed by atoms with Crippen molar-refractivity contribution in [3.05, 3.63) is 70.5 Å². The number of piperidine rings is 1. The molecule has 1 saturated heterocycles. The van der Waals surface area contributed by atoms with E-state index in [4.69, 9.17) is 4.98 Å². The Balaban J connectivity index is 1.54. The van der Waals surface area contributed by atoms with E-state index in [0.717, 1.165) is 42.8 Å². The predicted octanol–water partition coefficient (Wildman–Crippen LogP) is 3.13. The van der Waals surface area contributed by atoms with Gasteiger partial charge in [0.25, 0.3) is 5.56 Å². The van der Waals surface area contributed by atoms with E-state index in [9.17, 15) is 4.79 Å². The highest BCUT2D eigenvalue weighted by Gasteiger charge is 2.19. The summed E-state index contributed by atoms with van der Waals surface area (Å²) in [5.41, 5.74) is 5.31. The van der Waals surface area contributed by atoms with E-state index >= 15 is 0 Å². The fraction of sp³-hybridized carbons (Fsp3) is 0.318. The van der Waals surface area contributed by atoms with Gasteiger partial charge in [0.1, 0.15) is 11.3 Å². The van der Waals surface area contributed by atoms with Gasteiger partial charge in [0.2, 0.25) is 0 Å². The number of hydrogen-bond donors (Lipinski definition) is 0. The highest BCUT2D eigenvalue weighted by molar-refractivity contribution is 5.63. The smallest absolute Gasteiger partial charge is 0.258 e. The van der Waals surface area contributed by atoms with Crippen molar-refractivity contribution in [1.29, 1.82) is 0 Å². The Bertz CT molecular complexity index is 1230. The number of aromatic nitrogens is 4. The van der Waals surface area contributed by atoms with Gasteiger partial charge in [-0.1, -0.05) is 6.07 Å². The van der Waals surface area contributed by atoms with Gasteiger partial charge in [0, 0.05) is 30.2 Å². The quantitative estimate of drug-likeness (QED) is 0.542. The summed E-state index contributed by atoms with van der Waals surface area (Å²) in [6, 6.07) is 9.64. The maximum atomic E-state index is 12.8. The molecule has 0 spiro atoms. The average Bonchev–Trinajstić information content (AvgIpc) is 3.07. The SMILES string of the molecule is Cc1cn2cc(-c3cc(=O)n4cc(C5CCN(C)CC5)ccc4n3)ccc2n1. The second-order valence-corrected chi connectivity index (χ2v) is 7.81. The van der Waals surface area contributed by atoms with E-state index in [1.807, 2.05) is 48.1 Å². The van der Waals surface area contributed by atoms with Crippen LogP contribution in [0.1, 0.15) is 30.0 Å². The molecule has 1 aliphatic heterocycles. The van der Waals surface area contributed by atoms with Crippen LogP contribution in [0.5, 0.6) is 0 Å². The third kappa shape index (κ3) is 2.99. The first-order chi connectivity index (χ1) is 13.6. The number of aryl methyl sites for hydroxylation is 1. The van der Waals surface area contributed by atoms with Crippen molar-refractivity contribution in [2.75, 3.05) is 20.1 Å². The van der Waals surface area contributed by atoms with Crippen molar-refractivity contribution in [3.63, 3.8) is 0 Å². The van der Waals surface area contributed by atoms with Crippen LogP contribution in [0, 0.1) is 6.92 Å². The zero-order valence-corrected chi connectivity index (χ0v) is 16.2. The lowest BCUT2D eigenvalue weighted by Crippen LogP contribution is -2.29. The van der Waals surface area contributed by atoms with Crippen LogP contribution >= 0.6 is 0 Å². The van der Waals surface area contributed by atoms with Crippen molar-refractivity contribution in [2.24, 2.45) is 0 Å². The third-order valence-corrected chi connectivity index (χ3v) is 5.74. The molecule has 6 heteroatoms. The molecule has 0 amide bonds. The van der Waals surface area contributed by atoms with Crippen LogP contribution < -0.4 is 5.56 Å². The van der Waals surface area contributed by atoms with Crippen molar-refractivity contribution in [1.82, 2.24) is 23.7 Å². The second-order valence-electron chi connectivity index (χ2n) is 7.81. The van der Waals surface area contributed by atoms with Gasteiger partial charge in [0.15, 0.2) is 0 Å². The first-order valence-corrected chi connectivity index (χ1v) is 9.74. The normalized spacial score (nSPS) is 16.2. The van der Waals surface area contributed by atoms with E-state index in [0.29, 0.717) is 17.3 Å². The van der Waals surface area contributed by atoms with Crippen LogP contribution in [0.25, 0.3) is 22.6 Å². The number of likely N-dealkylation sites (tertiary alicyclic amines) is 1. The lowest BCUT2D eigenvalue weighted by atomic mass is 9.91. The molecule has 4 aromatic rings. The third-order valence-electron chi connectivity index (χ3n) is 5.74. The van der Waals surface area contributed by atoms with Gasteiger partial charge in [-0.25, -0.2) is 9.97 Å². The lowest BCUT2D eigenvalue weighted by molar-refractivity contribution is 0.255. The van der Waals surface area contributed by atoms with E-state index in [1.54, 1.807) is 10.5 Å². The summed E-state index contributed by atoms with van der Waals surface area (Å²) in [5, 5.41) is 0. The summed E-state index contributed by atoms with van der Waals surface area (Å²) in [4.78, 5) is 24.4. The number of hydrogen-bond acceptors (Lipinski definition) is 4. The molecule has 1 fully saturated rings. The molecule has 5 rings (SSSR count). The van der Waals surface area contributed by atoms with Crippen LogP contribution in [-0.4, -0.2) is 43.8 Å². The molecular formula is C22H23N5O. The van der Waals surface area contributed by atoms with Gasteiger partial charge in [-0.15, -0.1) is 0 Å². The van der Waals surface area contributed by atoms with E-state index in [2.05, 4.69) is 23.0 Å². The molecule has 0 aromatic carbocycles. The molecule has 0 atom stereocenters. The van der Waals surface area contributed by atoms with Crippen LogP contribution in [0.2, 0.25) is 0 Å². The Labute approximate surface area is 163 Å². The largest absolute Gasteiger partial charge is 0.306 e. The predicted molar refractivity (Wildman–Crippen MR) is 110 cm³/mol. The fourth-order valence-electron chi connectivity index (χ4n) is 4.12. The summed E-state index contributed by atoms with van der Waals surface area (Å²) in [5.74, 6) is 0.513. The van der Waals surface area contributed by atoms with Gasteiger partial charge < -0.3 is 9.30 Å². The summed E-state index contributed by atoms with van der Waals surface area (Å²) in [7, 11) is 2.16. The topological polar surface area (TPSA) is 54.9 Å². The molecule has 1 aliphatic rings. The molecule has 0 N–H and O–H groups in total. The van der Waals surface area contributed by atoms with Gasteiger partial charge >= 0.3 is 0 Å². The minimum Gasteiger partial charge on any atom is -0.306 e. The van der Waals surface area contributed by atoms with Gasteiger partial charge in [-0.05, 0) is 69.6 Å². The zero-order valence-electron chi connectivity index (χ0n) is 16.2. The van der Waals surface area contributed by atoms with Crippen LogP contribution in [-0.2, 0) is 0 Å². The first-order valence-electron chi connectivity index (χ1n) is 9.74. The average molecular weight is 373 g/mol. The molecule has 0 saturated carbocycles. The Hall–Kier alpha value is -2.99. The molecule has 0 unspecified atom stereocenters. The molecule has 28 heavy (non-hydrogen) atoms. The standard InChI is InChI=1S/C22H23N5O/c1-15-12-26-13-18(4-5-20(26)23-15)19-11-22(28)27-14-17(3-6-21(27)24-19)16-7-9-25(2)10-8-16/h3-6,11-14,16H,7-10H2,1-2H3. The lowest BCUT2D eigenvalue weighted by Gasteiger charge is -2.29. The van der Waals surface area contributed by atoms with Crippen LogP contribution in [0.4, 0.5) is 0 Å². The number of rotatable bonds is 2. The zero-order chi connectivity index (χ0) is 19.3. The second kappa shape index (κ2) is 6.56. The van der Waals surface area contributed by atoms with Crippen LogP contribution in [0.3, 0.4) is 0 Å². The highest BCUT2D eigenvalue weighted by atomic mass is 16.1. The maximum Gasteiger partial charge on any atom is 0.258 e. The number of fused-ring (bicyclic) bond motifs is 2. The Morgan fingerprint density at radius 2 is 1.75 bits per heavy atom. The van der Waals surface area contributed by atoms with Crippen molar-refractivity contribution < 1.29 is 0 Å². The molecule has 6 nitrogen and oxygen atoms in total. The molecule has 4 aromatic heterocycles. The van der Waals surface area contributed by atoms with Crippen LogP contribution in [0.15, 0.2) is 53.7 Å². The summed E-state index contributed by atoms with van der Waals surface area (Å²) >= 11 is 0. The Morgan fingerprint density at radius 1 is 0.964 bits per heavy atom. The van der Waals surface area contributed by atoms with E-state index in [1.165, 1.54) is 5.56 Å². The highest BCUT2D eigenvalue weighted by Crippen LogP contribution is 2.27. The Morgan fingerprint density at radius 3 is 2.57 bits per heavy atom. The van der Waals surface area contributed by atoms with Crippen molar-refractivity contribution in [3.8, 4) is 11.3 Å².